The molecule has 13 aromatic heterocycles. The Kier molecular flexibility index (Phi) is 33.6. The van der Waals surface area contributed by atoms with Crippen LogP contribution in [0.2, 0.25) is 0 Å². The molecule has 0 bridgehead atoms. The fraction of sp³-hybridized carbons (Fsp3) is 0.0395. The summed E-state index contributed by atoms with van der Waals surface area (Å²) in [5.74, 6) is 0. The van der Waals surface area contributed by atoms with Gasteiger partial charge in [0.15, 0.2) is 12.8 Å². The third-order valence-electron chi connectivity index (χ3n) is 15.1. The van der Waals surface area contributed by atoms with E-state index >= 15 is 0 Å². The number of aryl methyl sites for hydroxylation is 3. The Morgan fingerprint density at radius 1 is 0.371 bits per heavy atom. The van der Waals surface area contributed by atoms with Crippen molar-refractivity contribution >= 4 is 34.0 Å². The van der Waals surface area contributed by atoms with E-state index in [4.69, 9.17) is 8.83 Å². The van der Waals surface area contributed by atoms with Gasteiger partial charge in [0.25, 0.3) is 0 Å². The van der Waals surface area contributed by atoms with Crippen molar-refractivity contribution in [2.45, 2.75) is 13.8 Å². The Balaban J connectivity index is 0.000000174. The van der Waals surface area contributed by atoms with Crippen LogP contribution in [0.4, 0.5) is 0 Å². The Hall–Kier alpha value is -8.89. The molecular weight excluding hydrogens is 2450 g/mol. The predicted octanol–water partition coefficient (Wildman–Crippen LogP) is 16.5. The second kappa shape index (κ2) is 42.3. The molecule has 5 radical (unpaired) electrons. The second-order valence-electron chi connectivity index (χ2n) is 21.5. The van der Waals surface area contributed by atoms with Gasteiger partial charge in [-0.05, 0) is 122 Å². The number of aromatic nitrogens is 18. The number of oxazole rings is 2. The van der Waals surface area contributed by atoms with Crippen LogP contribution in [0.15, 0.2) is 293 Å². The summed E-state index contributed by atoms with van der Waals surface area (Å²) in [7, 11) is 1.89. The zero-order chi connectivity index (χ0) is 67.4. The molecule has 0 aliphatic carbocycles. The van der Waals surface area contributed by atoms with E-state index in [9.17, 15) is 0 Å². The number of nitrogens with zero attached hydrogens (tertiary/aromatic N) is 18. The van der Waals surface area contributed by atoms with Gasteiger partial charge in [-0.2, -0.15) is 17.5 Å². The summed E-state index contributed by atoms with van der Waals surface area (Å²) < 4.78 is 11.8. The van der Waals surface area contributed by atoms with Crippen LogP contribution in [0.1, 0.15) is 11.1 Å². The standard InChI is InChI=1S/C14H12N3O.C13H11N4.C13H9N2O.C13H9N2S.C12H8N3S.C11H7N4S.5Ir.Pt/c1-9-4-3-5-10(2)13(9)11-6-16-17-14(11)12-7-18-8-15-12;1-17-8-7-11(16-17)13-12(14-9-15-13)10-5-3-2-4-6-10;2*1-2-4-10(5-3-1)11-6-7-14-13(11)12-8-16-9-15-12;1-2-4-9(5-3-1)10-6-14-15-12(10)11-7-16-8-13-11;1-3-12-4-2-8(1)10-11(14-6-13-10)9-5-16-7-15-9;;;;;;/h3-8H,1-2H3;2-9H,1H3;2*1-9H;1-8H;1-7H;;;;;;/q6*-1;;;;;;. The van der Waals surface area contributed by atoms with Crippen LogP contribution in [0.5, 0.6) is 0 Å². The minimum Gasteiger partial charge on any atom is -0.662 e. The van der Waals surface area contributed by atoms with Crippen LogP contribution in [-0.2, 0) is 129 Å². The molecule has 18 aromatic rings. The predicted molar refractivity (Wildman–Crippen MR) is 386 cm³/mol. The molecule has 5 aromatic carbocycles. The summed E-state index contributed by atoms with van der Waals surface area (Å²) in [6, 6.07) is 56.5. The van der Waals surface area contributed by atoms with Gasteiger partial charge in [0.05, 0.1) is 50.7 Å². The SMILES string of the molecule is Cc1cccc(C)c1-c1cn[n-]c1-c1cocn1.Cn1ccc(-c2[n-]cnc2-c2ccccc2)n1.[Ir].[Ir].[Ir].[Ir].[Ir].[Pt].c1cc(-c2nc[n-]c2-c2cscn2)ccn1.c1ccc(-c2cc[n-]c2-c2cocn2)cc1.c1ccc(-c2cc[n-]c2-c2cscn2)cc1.c1ccc(-c2cn[n-]c2-c2cscn2)cc1. The zero-order valence-electron chi connectivity index (χ0n) is 55.2. The number of rotatable bonds is 12. The fourth-order valence-corrected chi connectivity index (χ4v) is 12.2. The van der Waals surface area contributed by atoms with E-state index in [1.807, 2.05) is 162 Å². The van der Waals surface area contributed by atoms with Crippen molar-refractivity contribution in [3.8, 4) is 135 Å². The van der Waals surface area contributed by atoms with Gasteiger partial charge >= 0.3 is 0 Å². The second-order valence-corrected chi connectivity index (χ2v) is 23.6. The molecule has 0 aliphatic heterocycles. The van der Waals surface area contributed by atoms with Gasteiger partial charge in [-0.3, -0.25) is 9.67 Å². The van der Waals surface area contributed by atoms with E-state index in [0.717, 1.165) is 119 Å². The maximum atomic E-state index is 5.01. The van der Waals surface area contributed by atoms with Gasteiger partial charge in [0.1, 0.15) is 12.5 Å². The number of thiazole rings is 3. The summed E-state index contributed by atoms with van der Waals surface area (Å²) in [6.45, 7) is 4.17. The van der Waals surface area contributed by atoms with Gasteiger partial charge < -0.3 is 59.1 Å². The molecule has 0 aliphatic rings. The molecule has 0 saturated heterocycles. The molecule has 20 nitrogen and oxygen atoms in total. The van der Waals surface area contributed by atoms with E-state index in [2.05, 4.69) is 148 Å². The van der Waals surface area contributed by atoms with Gasteiger partial charge in [-0.1, -0.05) is 181 Å². The Bertz CT molecular complexity index is 4880. The van der Waals surface area contributed by atoms with E-state index in [1.165, 1.54) is 35.0 Å². The van der Waals surface area contributed by atoms with E-state index < -0.39 is 0 Å². The Morgan fingerprint density at radius 2 is 0.781 bits per heavy atom. The minimum atomic E-state index is 0. The van der Waals surface area contributed by atoms with Crippen LogP contribution in [0.3, 0.4) is 0 Å². The van der Waals surface area contributed by atoms with Crippen molar-refractivity contribution in [1.29, 1.82) is 0 Å². The minimum absolute atomic E-state index is 0. The first-order valence-electron chi connectivity index (χ1n) is 30.7. The van der Waals surface area contributed by atoms with Crippen LogP contribution in [-0.4, -0.2) is 59.8 Å². The molecule has 0 N–H and O–H groups in total. The number of hydrogen-bond donors (Lipinski definition) is 0. The van der Waals surface area contributed by atoms with Gasteiger partial charge in [-0.25, -0.2) is 24.9 Å². The van der Waals surface area contributed by atoms with Gasteiger partial charge in [0.2, 0.25) is 0 Å². The van der Waals surface area contributed by atoms with Crippen molar-refractivity contribution in [1.82, 2.24) is 90.0 Å². The summed E-state index contributed by atoms with van der Waals surface area (Å²) in [5, 5.41) is 26.6. The summed E-state index contributed by atoms with van der Waals surface area (Å²) >= 11 is 4.70. The first-order valence-corrected chi connectivity index (χ1v) is 33.5. The Labute approximate surface area is 698 Å². The van der Waals surface area contributed by atoms with Crippen molar-refractivity contribution in [2.75, 3.05) is 0 Å². The molecular formula is C76H56Ir5N18O2PtS3-6. The fourth-order valence-electron chi connectivity index (χ4n) is 10.6. The van der Waals surface area contributed by atoms with Crippen molar-refractivity contribution < 1.29 is 130 Å². The monoisotopic (exact) mass is 2510 g/mol. The average molecular weight is 2510 g/mol. The van der Waals surface area contributed by atoms with Crippen LogP contribution < -0.4 is 30.1 Å². The van der Waals surface area contributed by atoms with Crippen LogP contribution >= 0.6 is 34.0 Å². The number of imidazole rings is 2. The molecule has 0 unspecified atom stereocenters. The smallest absolute Gasteiger partial charge is 0.180 e. The van der Waals surface area contributed by atoms with E-state index in [-0.39, 0.29) is 122 Å². The Morgan fingerprint density at radius 3 is 1.23 bits per heavy atom. The molecule has 0 fully saturated rings. The normalized spacial score (nSPS) is 9.97. The maximum absolute atomic E-state index is 5.01. The molecule has 105 heavy (non-hydrogen) atoms. The largest absolute Gasteiger partial charge is 0.662 e. The average Bonchev–Trinajstić information content (AvgIpc) is 1.71. The molecule has 0 atom stereocenters. The molecule has 0 spiro atoms. The quantitative estimate of drug-likeness (QED) is 0.110. The molecule has 541 valence electrons. The van der Waals surface area contributed by atoms with Crippen molar-refractivity contribution in [2.24, 2.45) is 7.05 Å². The van der Waals surface area contributed by atoms with Crippen molar-refractivity contribution in [3.63, 3.8) is 0 Å². The van der Waals surface area contributed by atoms with Gasteiger partial charge in [0, 0.05) is 176 Å². The van der Waals surface area contributed by atoms with E-state index in [0.29, 0.717) is 5.69 Å². The molecule has 29 heteroatoms. The summed E-state index contributed by atoms with van der Waals surface area (Å²) in [6.07, 6.45) is 21.7. The van der Waals surface area contributed by atoms with Crippen LogP contribution in [0, 0.1) is 13.8 Å². The summed E-state index contributed by atoms with van der Waals surface area (Å²) in [5.41, 5.74) is 30.7. The van der Waals surface area contributed by atoms with E-state index in [1.54, 1.807) is 106 Å². The molecule has 0 amide bonds. The molecule has 18 rings (SSSR count). The molecule has 13 heterocycles. The first kappa shape index (κ1) is 83.4. The number of pyridine rings is 1. The zero-order valence-corrected chi connectivity index (χ0v) is 71.9. The first-order chi connectivity index (χ1) is 48.9. The third-order valence-corrected chi connectivity index (χ3v) is 16.9. The number of hydrogen-bond acceptors (Lipinski definition) is 16. The third kappa shape index (κ3) is 21.2. The summed E-state index contributed by atoms with van der Waals surface area (Å²) in [4.78, 5) is 50.9. The topological polar surface area (TPSA) is 258 Å². The van der Waals surface area contributed by atoms with Crippen LogP contribution in [0.25, 0.3) is 135 Å². The van der Waals surface area contributed by atoms with Gasteiger partial charge in [-0.15, -0.1) is 39.7 Å². The number of benzene rings is 5. The molecule has 0 saturated carbocycles. The maximum Gasteiger partial charge on any atom is 0.180 e. The van der Waals surface area contributed by atoms with Crippen molar-refractivity contribution in [3.05, 3.63) is 295 Å².